The highest BCUT2D eigenvalue weighted by molar-refractivity contribution is 5.95. The van der Waals surface area contributed by atoms with Gasteiger partial charge in [0.2, 0.25) is 0 Å². The molecule has 0 aliphatic rings. The fraction of sp³-hybridized carbons (Fsp3) is 0.360. The Morgan fingerprint density at radius 1 is 1.08 bits per heavy atom. The molecule has 2 aromatic carbocycles. The number of aryl methyl sites for hydroxylation is 2. The molecule has 0 unspecified atom stereocenters. The molecule has 0 spiro atoms. The molecule has 9 nitrogen and oxygen atoms in total. The quantitative estimate of drug-likeness (QED) is 0.455. The summed E-state index contributed by atoms with van der Waals surface area (Å²) in [6.07, 6.45) is -5.42. The number of hydrogen-bond acceptors (Lipinski definition) is 6. The van der Waals surface area contributed by atoms with Gasteiger partial charge < -0.3 is 9.47 Å². The molecule has 0 aliphatic carbocycles. The lowest BCUT2D eigenvalue weighted by atomic mass is 10.1. The van der Waals surface area contributed by atoms with Crippen LogP contribution in [-0.2, 0) is 23.0 Å². The number of nitrogens with zero attached hydrogens (tertiary/aromatic N) is 4. The van der Waals surface area contributed by atoms with E-state index in [1.165, 1.54) is 23.9 Å². The molecule has 12 heteroatoms. The number of carbonyl (C=O) groups is 2. The van der Waals surface area contributed by atoms with Crippen LogP contribution in [0, 0.1) is 13.8 Å². The summed E-state index contributed by atoms with van der Waals surface area (Å²) >= 11 is 0. The number of benzene rings is 2. The molecule has 0 radical (unpaired) electrons. The number of rotatable bonds is 5. The van der Waals surface area contributed by atoms with Gasteiger partial charge in [-0.3, -0.25) is 10.2 Å². The van der Waals surface area contributed by atoms with E-state index in [0.29, 0.717) is 0 Å². The number of aromatic nitrogens is 3. The fourth-order valence-corrected chi connectivity index (χ4v) is 3.48. The number of hydrazine groups is 1. The summed E-state index contributed by atoms with van der Waals surface area (Å²) in [7, 11) is 1.17. The van der Waals surface area contributed by atoms with E-state index >= 15 is 0 Å². The molecule has 0 aliphatic heterocycles. The van der Waals surface area contributed by atoms with E-state index in [4.69, 9.17) is 9.47 Å². The van der Waals surface area contributed by atoms with Crippen molar-refractivity contribution in [2.75, 3.05) is 7.11 Å². The Morgan fingerprint density at radius 2 is 1.78 bits per heavy atom. The Balaban J connectivity index is 1.97. The van der Waals surface area contributed by atoms with Gasteiger partial charge >= 0.3 is 12.3 Å². The first-order valence-electron chi connectivity index (χ1n) is 11.2. The molecule has 0 saturated carbocycles. The van der Waals surface area contributed by atoms with Crippen LogP contribution in [0.1, 0.15) is 53.5 Å². The number of carbonyl (C=O) groups excluding carboxylic acids is 2. The molecule has 0 bridgehead atoms. The van der Waals surface area contributed by atoms with E-state index in [1.54, 1.807) is 20.8 Å². The van der Waals surface area contributed by atoms with Gasteiger partial charge in [0.05, 0.1) is 24.8 Å². The van der Waals surface area contributed by atoms with Crippen LogP contribution in [-0.4, -0.2) is 39.1 Å². The zero-order valence-corrected chi connectivity index (χ0v) is 21.3. The number of hydrogen-bond donors (Lipinski definition) is 1. The first-order chi connectivity index (χ1) is 17.2. The Labute approximate surface area is 212 Å². The van der Waals surface area contributed by atoms with Gasteiger partial charge in [-0.05, 0) is 63.9 Å². The molecule has 0 saturated heterocycles. The van der Waals surface area contributed by atoms with Crippen molar-refractivity contribution in [3.8, 4) is 11.6 Å². The highest BCUT2D eigenvalue weighted by Crippen LogP contribution is 2.33. The fourth-order valence-electron chi connectivity index (χ4n) is 3.48. The van der Waals surface area contributed by atoms with Crippen molar-refractivity contribution in [2.24, 2.45) is 0 Å². The number of nitrogens with one attached hydrogen (secondary N) is 1. The number of alkyl halides is 3. The van der Waals surface area contributed by atoms with Gasteiger partial charge in [0.1, 0.15) is 5.75 Å². The van der Waals surface area contributed by atoms with E-state index in [0.717, 1.165) is 33.8 Å². The van der Waals surface area contributed by atoms with Gasteiger partial charge in [-0.1, -0.05) is 40.1 Å². The molecule has 2 amide bonds. The van der Waals surface area contributed by atoms with Gasteiger partial charge in [-0.25, -0.2) is 14.5 Å². The largest absolute Gasteiger partial charge is 0.452 e. The van der Waals surface area contributed by atoms with Crippen LogP contribution < -0.4 is 10.2 Å². The van der Waals surface area contributed by atoms with Crippen molar-refractivity contribution in [1.82, 2.24) is 25.4 Å². The topological polar surface area (TPSA) is 98.6 Å². The number of ether oxygens (including phenoxy) is 2. The maximum atomic E-state index is 13.4. The third kappa shape index (κ3) is 6.57. The number of halogens is 3. The lowest BCUT2D eigenvalue weighted by Crippen LogP contribution is -2.47. The van der Waals surface area contributed by atoms with Crippen molar-refractivity contribution in [3.05, 3.63) is 70.4 Å². The molecule has 3 rings (SSSR count). The van der Waals surface area contributed by atoms with Crippen LogP contribution in [0.3, 0.4) is 0 Å². The van der Waals surface area contributed by atoms with Crippen LogP contribution >= 0.6 is 0 Å². The Kier molecular flexibility index (Phi) is 7.80. The average Bonchev–Trinajstić information content (AvgIpc) is 3.23. The minimum atomic E-state index is -4.59. The number of methoxy groups -OCH3 is 1. The number of amides is 2. The summed E-state index contributed by atoms with van der Waals surface area (Å²) < 4.78 is 51.1. The summed E-state index contributed by atoms with van der Waals surface area (Å²) in [5.74, 6) is -1.34. The normalized spacial score (nSPS) is 11.7. The van der Waals surface area contributed by atoms with E-state index < -0.39 is 29.3 Å². The predicted octanol–water partition coefficient (Wildman–Crippen LogP) is 5.37. The van der Waals surface area contributed by atoms with Crippen molar-refractivity contribution in [3.63, 3.8) is 0 Å². The smallest absolute Gasteiger partial charge is 0.428 e. The van der Waals surface area contributed by atoms with Crippen LogP contribution in [0.5, 0.6) is 11.6 Å². The summed E-state index contributed by atoms with van der Waals surface area (Å²) in [6, 6.07) is 9.80. The second-order valence-electron chi connectivity index (χ2n) is 9.38. The van der Waals surface area contributed by atoms with Gasteiger partial charge in [-0.2, -0.15) is 13.2 Å². The van der Waals surface area contributed by atoms with Gasteiger partial charge in [0.15, 0.2) is 5.69 Å². The summed E-state index contributed by atoms with van der Waals surface area (Å²) in [5, 5.41) is 8.84. The van der Waals surface area contributed by atoms with Gasteiger partial charge in [0.25, 0.3) is 11.8 Å². The van der Waals surface area contributed by atoms with Crippen LogP contribution in [0.25, 0.3) is 0 Å². The SMILES string of the molecule is COC(=O)N(Cc1ccc(C)cc1C)NC(=O)c1c(Oc2cccc(C(F)(F)F)c2)nnn1C(C)(C)C. The third-order valence-corrected chi connectivity index (χ3v) is 5.32. The molecule has 0 atom stereocenters. The Hall–Kier alpha value is -4.09. The minimum Gasteiger partial charge on any atom is -0.452 e. The maximum Gasteiger partial charge on any atom is 0.428 e. The van der Waals surface area contributed by atoms with E-state index in [2.05, 4.69) is 15.7 Å². The Morgan fingerprint density at radius 3 is 2.38 bits per heavy atom. The summed E-state index contributed by atoms with van der Waals surface area (Å²) in [6.45, 7) is 9.05. The van der Waals surface area contributed by atoms with Crippen molar-refractivity contribution >= 4 is 12.0 Å². The third-order valence-electron chi connectivity index (χ3n) is 5.32. The lowest BCUT2D eigenvalue weighted by Gasteiger charge is -2.25. The second kappa shape index (κ2) is 10.5. The van der Waals surface area contributed by atoms with E-state index in [9.17, 15) is 22.8 Å². The Bertz CT molecular complexity index is 1300. The zero-order valence-electron chi connectivity index (χ0n) is 21.3. The monoisotopic (exact) mass is 519 g/mol. The molecule has 0 fully saturated rings. The van der Waals surface area contributed by atoms with Crippen LogP contribution in [0.2, 0.25) is 0 Å². The average molecular weight is 520 g/mol. The van der Waals surface area contributed by atoms with Crippen molar-refractivity contribution in [2.45, 2.75) is 52.9 Å². The lowest BCUT2D eigenvalue weighted by molar-refractivity contribution is -0.137. The molecule has 1 N–H and O–H groups in total. The predicted molar refractivity (Wildman–Crippen MR) is 128 cm³/mol. The zero-order chi connectivity index (χ0) is 27.5. The summed E-state index contributed by atoms with van der Waals surface area (Å²) in [5.41, 5.74) is 3.31. The maximum absolute atomic E-state index is 13.4. The van der Waals surface area contributed by atoms with E-state index in [-0.39, 0.29) is 23.9 Å². The molecular weight excluding hydrogens is 491 g/mol. The molecule has 198 valence electrons. The first-order valence-corrected chi connectivity index (χ1v) is 11.2. The molecule has 1 heterocycles. The molecule has 1 aromatic heterocycles. The van der Waals surface area contributed by atoms with Crippen LogP contribution in [0.15, 0.2) is 42.5 Å². The van der Waals surface area contributed by atoms with Crippen molar-refractivity contribution in [1.29, 1.82) is 0 Å². The highest BCUT2D eigenvalue weighted by atomic mass is 19.4. The van der Waals surface area contributed by atoms with Crippen molar-refractivity contribution < 1.29 is 32.2 Å². The van der Waals surface area contributed by atoms with Gasteiger partial charge in [-0.15, -0.1) is 0 Å². The molecule has 3 aromatic rings. The van der Waals surface area contributed by atoms with E-state index in [1.807, 2.05) is 32.0 Å². The highest BCUT2D eigenvalue weighted by Gasteiger charge is 2.33. The molecular formula is C25H28F3N5O4. The van der Waals surface area contributed by atoms with Crippen LogP contribution in [0.4, 0.5) is 18.0 Å². The summed E-state index contributed by atoms with van der Waals surface area (Å²) in [4.78, 5) is 26.0. The standard InChI is InChI=1S/C25H28F3N5O4/c1-15-10-11-17(16(2)12-15)14-32(23(35)36-6)30-21(34)20-22(29-31-33(20)24(3,4)5)37-19-9-7-8-18(13-19)25(26,27)28/h7-13H,14H2,1-6H3,(H,30,34). The molecule has 37 heavy (non-hydrogen) atoms. The second-order valence-corrected chi connectivity index (χ2v) is 9.38. The first kappa shape index (κ1) is 27.5. The van der Waals surface area contributed by atoms with Gasteiger partial charge in [0, 0.05) is 0 Å². The minimum absolute atomic E-state index is 0.00850.